The summed E-state index contributed by atoms with van der Waals surface area (Å²) in [6.45, 7) is 1.50. The molecule has 0 bridgehead atoms. The van der Waals surface area contributed by atoms with Crippen LogP contribution in [0.1, 0.15) is 28.8 Å². The molecule has 4 rings (SSSR count). The minimum Gasteiger partial charge on any atom is -0.339 e. The zero-order valence-electron chi connectivity index (χ0n) is 16.1. The van der Waals surface area contributed by atoms with E-state index in [0.717, 1.165) is 5.56 Å². The van der Waals surface area contributed by atoms with Crippen molar-refractivity contribution in [3.63, 3.8) is 0 Å². The van der Waals surface area contributed by atoms with Crippen molar-refractivity contribution in [3.8, 4) is 0 Å². The van der Waals surface area contributed by atoms with Crippen LogP contribution in [0.5, 0.6) is 0 Å². The van der Waals surface area contributed by atoms with Crippen molar-refractivity contribution >= 4 is 52.2 Å². The van der Waals surface area contributed by atoms with Crippen molar-refractivity contribution < 1.29 is 9.59 Å². The van der Waals surface area contributed by atoms with Gasteiger partial charge in [0, 0.05) is 46.1 Å². The van der Waals surface area contributed by atoms with Crippen molar-refractivity contribution in [3.05, 3.63) is 68.5 Å². The summed E-state index contributed by atoms with van der Waals surface area (Å²) in [4.78, 5) is 27.1. The van der Waals surface area contributed by atoms with Gasteiger partial charge in [-0.1, -0.05) is 29.3 Å². The van der Waals surface area contributed by atoms with Gasteiger partial charge >= 0.3 is 0 Å². The van der Waals surface area contributed by atoms with Crippen LogP contribution in [0.2, 0.25) is 10.0 Å². The standard InChI is InChI=1S/C21H20Cl2N4O2S/c22-17-2-1-3-18(23)16(17)12-27-19(4-8-24-27)25-20(28)14-5-9-26(10-6-14)21(29)15-7-11-30-13-15/h1-4,7-8,11,13-14H,5-6,9-10,12H2,(H,25,28). The van der Waals surface area contributed by atoms with E-state index in [9.17, 15) is 9.59 Å². The molecule has 1 aliphatic rings. The van der Waals surface area contributed by atoms with E-state index in [0.29, 0.717) is 53.9 Å². The Kier molecular flexibility index (Phi) is 6.41. The minimum atomic E-state index is -0.149. The molecule has 1 aliphatic heterocycles. The Bertz CT molecular complexity index is 1020. The summed E-state index contributed by atoms with van der Waals surface area (Å²) in [6, 6.07) is 8.91. The molecule has 1 saturated heterocycles. The summed E-state index contributed by atoms with van der Waals surface area (Å²) in [5.41, 5.74) is 1.46. The number of piperidine rings is 1. The van der Waals surface area contributed by atoms with Crippen LogP contribution in [-0.4, -0.2) is 39.6 Å². The van der Waals surface area contributed by atoms with E-state index < -0.39 is 0 Å². The Hall–Kier alpha value is -2.35. The van der Waals surface area contributed by atoms with Crippen LogP contribution < -0.4 is 5.32 Å². The summed E-state index contributed by atoms with van der Waals surface area (Å²) >= 11 is 14.0. The van der Waals surface area contributed by atoms with E-state index in [2.05, 4.69) is 10.4 Å². The molecular formula is C21H20Cl2N4O2S. The first-order valence-corrected chi connectivity index (χ1v) is 11.3. The third kappa shape index (κ3) is 4.53. The fourth-order valence-electron chi connectivity index (χ4n) is 3.54. The Labute approximate surface area is 188 Å². The molecule has 0 spiro atoms. The monoisotopic (exact) mass is 462 g/mol. The van der Waals surface area contributed by atoms with E-state index >= 15 is 0 Å². The number of carbonyl (C=O) groups is 2. The third-order valence-corrected chi connectivity index (χ3v) is 6.65. The van der Waals surface area contributed by atoms with Crippen molar-refractivity contribution in [2.45, 2.75) is 19.4 Å². The fourth-order valence-corrected chi connectivity index (χ4v) is 4.69. The maximum Gasteiger partial charge on any atom is 0.254 e. The van der Waals surface area contributed by atoms with E-state index in [1.54, 1.807) is 35.1 Å². The number of carbonyl (C=O) groups excluding carboxylic acids is 2. The number of halogens is 2. The number of aromatic nitrogens is 2. The number of amides is 2. The molecule has 0 unspecified atom stereocenters. The lowest BCUT2D eigenvalue weighted by Gasteiger charge is -2.31. The molecule has 156 valence electrons. The normalized spacial score (nSPS) is 14.7. The quantitative estimate of drug-likeness (QED) is 0.592. The van der Waals surface area contributed by atoms with Crippen molar-refractivity contribution in [1.82, 2.24) is 14.7 Å². The molecule has 9 heteroatoms. The molecule has 0 radical (unpaired) electrons. The van der Waals surface area contributed by atoms with Gasteiger partial charge in [-0.3, -0.25) is 9.59 Å². The largest absolute Gasteiger partial charge is 0.339 e. The second-order valence-corrected chi connectivity index (χ2v) is 8.74. The van der Waals surface area contributed by atoms with E-state index in [4.69, 9.17) is 23.2 Å². The smallest absolute Gasteiger partial charge is 0.254 e. The van der Waals surface area contributed by atoms with Gasteiger partial charge in [-0.05, 0) is 36.4 Å². The first-order valence-electron chi connectivity index (χ1n) is 9.60. The fraction of sp³-hybridized carbons (Fsp3) is 0.286. The summed E-state index contributed by atoms with van der Waals surface area (Å²) < 4.78 is 1.67. The Balaban J connectivity index is 1.36. The minimum absolute atomic E-state index is 0.0322. The molecule has 0 saturated carbocycles. The lowest BCUT2D eigenvalue weighted by Crippen LogP contribution is -2.41. The number of benzene rings is 1. The van der Waals surface area contributed by atoms with Crippen molar-refractivity contribution in [2.75, 3.05) is 18.4 Å². The van der Waals surface area contributed by atoms with E-state index in [1.807, 2.05) is 21.7 Å². The van der Waals surface area contributed by atoms with Crippen LogP contribution in [-0.2, 0) is 11.3 Å². The van der Waals surface area contributed by atoms with E-state index in [1.165, 1.54) is 11.3 Å². The van der Waals surface area contributed by atoms with Gasteiger partial charge in [0.2, 0.25) is 5.91 Å². The molecule has 1 N–H and O–H groups in total. The van der Waals surface area contributed by atoms with E-state index in [-0.39, 0.29) is 17.7 Å². The number of anilines is 1. The lowest BCUT2D eigenvalue weighted by atomic mass is 9.95. The van der Waals surface area contributed by atoms with Crippen molar-refractivity contribution in [2.24, 2.45) is 5.92 Å². The zero-order chi connectivity index (χ0) is 21.1. The third-order valence-electron chi connectivity index (χ3n) is 5.26. The van der Waals surface area contributed by atoms with Gasteiger partial charge in [-0.25, -0.2) is 4.68 Å². The predicted molar refractivity (Wildman–Crippen MR) is 119 cm³/mol. The summed E-state index contributed by atoms with van der Waals surface area (Å²) in [7, 11) is 0. The maximum atomic E-state index is 12.8. The van der Waals surface area contributed by atoms with Crippen LogP contribution in [0.25, 0.3) is 0 Å². The second-order valence-electron chi connectivity index (χ2n) is 7.14. The lowest BCUT2D eigenvalue weighted by molar-refractivity contribution is -0.121. The second kappa shape index (κ2) is 9.20. The van der Waals surface area contributed by atoms with Gasteiger partial charge in [-0.15, -0.1) is 0 Å². The molecule has 6 nitrogen and oxygen atoms in total. The Morgan fingerprint density at radius 1 is 1.13 bits per heavy atom. The van der Waals surface area contributed by atoms with Crippen LogP contribution in [0.15, 0.2) is 47.3 Å². The maximum absolute atomic E-state index is 12.8. The number of nitrogens with zero attached hydrogens (tertiary/aromatic N) is 3. The molecule has 2 amide bonds. The molecule has 0 atom stereocenters. The number of hydrogen-bond acceptors (Lipinski definition) is 4. The highest BCUT2D eigenvalue weighted by Gasteiger charge is 2.28. The molecular weight excluding hydrogens is 443 g/mol. The van der Waals surface area contributed by atoms with Gasteiger partial charge in [0.25, 0.3) is 5.91 Å². The Morgan fingerprint density at radius 3 is 2.53 bits per heavy atom. The first kappa shape index (κ1) is 20.9. The van der Waals surface area contributed by atoms with Crippen LogP contribution in [0, 0.1) is 5.92 Å². The number of nitrogens with one attached hydrogen (secondary N) is 1. The van der Waals surface area contributed by atoms with Crippen LogP contribution >= 0.6 is 34.5 Å². The van der Waals surface area contributed by atoms with Gasteiger partial charge in [0.05, 0.1) is 18.3 Å². The Morgan fingerprint density at radius 2 is 1.87 bits per heavy atom. The molecule has 3 aromatic rings. The van der Waals surface area contributed by atoms with Gasteiger partial charge < -0.3 is 10.2 Å². The van der Waals surface area contributed by atoms with Gasteiger partial charge in [-0.2, -0.15) is 16.4 Å². The molecule has 1 fully saturated rings. The number of hydrogen-bond donors (Lipinski definition) is 1. The summed E-state index contributed by atoms with van der Waals surface area (Å²) in [6.07, 6.45) is 2.89. The molecule has 3 heterocycles. The molecule has 2 aromatic heterocycles. The number of thiophene rings is 1. The highest BCUT2D eigenvalue weighted by molar-refractivity contribution is 7.08. The zero-order valence-corrected chi connectivity index (χ0v) is 18.4. The number of rotatable bonds is 5. The predicted octanol–water partition coefficient (Wildman–Crippen LogP) is 4.79. The highest BCUT2D eigenvalue weighted by Crippen LogP contribution is 2.26. The van der Waals surface area contributed by atoms with Crippen molar-refractivity contribution in [1.29, 1.82) is 0 Å². The van der Waals surface area contributed by atoms with Gasteiger partial charge in [0.15, 0.2) is 0 Å². The highest BCUT2D eigenvalue weighted by atomic mass is 35.5. The average molecular weight is 463 g/mol. The van der Waals surface area contributed by atoms with Crippen LogP contribution in [0.4, 0.5) is 5.82 Å². The molecule has 1 aromatic carbocycles. The van der Waals surface area contributed by atoms with Gasteiger partial charge in [0.1, 0.15) is 5.82 Å². The topological polar surface area (TPSA) is 67.2 Å². The van der Waals surface area contributed by atoms with Crippen LogP contribution in [0.3, 0.4) is 0 Å². The molecule has 30 heavy (non-hydrogen) atoms. The summed E-state index contributed by atoms with van der Waals surface area (Å²) in [5.74, 6) is 0.408. The number of likely N-dealkylation sites (tertiary alicyclic amines) is 1. The first-order chi connectivity index (χ1) is 14.5. The average Bonchev–Trinajstić information content (AvgIpc) is 3.43. The summed E-state index contributed by atoms with van der Waals surface area (Å²) in [5, 5.41) is 12.1. The SMILES string of the molecule is O=C(Nc1ccnn1Cc1c(Cl)cccc1Cl)C1CCN(C(=O)c2ccsc2)CC1. The molecule has 0 aliphatic carbocycles.